The number of aromatic nitrogens is 2. The van der Waals surface area contributed by atoms with Gasteiger partial charge in [-0.25, -0.2) is 13.8 Å². The summed E-state index contributed by atoms with van der Waals surface area (Å²) in [4.78, 5) is 9.30. The molecule has 0 atom stereocenters. The van der Waals surface area contributed by atoms with Crippen LogP contribution in [0, 0.1) is 11.6 Å². The Hall–Kier alpha value is -5.16. The fourth-order valence-corrected chi connectivity index (χ4v) is 4.84. The van der Waals surface area contributed by atoms with Gasteiger partial charge in [-0.05, 0) is 76.3 Å². The molecule has 2 aromatic heterocycles. The van der Waals surface area contributed by atoms with Crippen LogP contribution in [-0.2, 0) is 0 Å². The average Bonchev–Trinajstić information content (AvgIpc) is 3.41. The first-order valence-corrected chi connectivity index (χ1v) is 12.5. The maximum absolute atomic E-state index is 13.6. The third kappa shape index (κ3) is 4.44. The minimum atomic E-state index is -0.590. The first-order valence-electron chi connectivity index (χ1n) is 12.5. The molecule has 0 spiro atoms. The van der Waals surface area contributed by atoms with E-state index >= 15 is 0 Å². The Bertz CT molecular complexity index is 1920. The zero-order valence-electron chi connectivity index (χ0n) is 20.6. The largest absolute Gasteiger partial charge is 0.436 e. The van der Waals surface area contributed by atoms with Crippen molar-refractivity contribution in [1.29, 1.82) is 0 Å². The van der Waals surface area contributed by atoms with Crippen LogP contribution in [0.25, 0.3) is 66.8 Å². The summed E-state index contributed by atoms with van der Waals surface area (Å²) >= 11 is 0. The van der Waals surface area contributed by atoms with Gasteiger partial charge in [-0.3, -0.25) is 4.98 Å². The fraction of sp³-hybridized carbons (Fsp3) is 0. The van der Waals surface area contributed by atoms with E-state index in [-0.39, 0.29) is 0 Å². The normalized spacial score (nSPS) is 11.3. The van der Waals surface area contributed by atoms with Crippen molar-refractivity contribution in [3.05, 3.63) is 133 Å². The Labute approximate surface area is 223 Å². The minimum absolute atomic E-state index is 0.508. The average molecular weight is 511 g/mol. The number of nitrogens with zero attached hydrogens (tertiary/aromatic N) is 2. The fourth-order valence-electron chi connectivity index (χ4n) is 4.84. The third-order valence-electron chi connectivity index (χ3n) is 6.86. The molecule has 186 valence electrons. The lowest BCUT2D eigenvalue weighted by atomic mass is 9.98. The lowest BCUT2D eigenvalue weighted by Crippen LogP contribution is -1.87. The Morgan fingerprint density at radius 2 is 1.10 bits per heavy atom. The van der Waals surface area contributed by atoms with Crippen LogP contribution in [0.2, 0.25) is 0 Å². The number of rotatable bonds is 4. The van der Waals surface area contributed by atoms with Crippen molar-refractivity contribution in [3.8, 4) is 44.8 Å². The van der Waals surface area contributed by atoms with Gasteiger partial charge in [0, 0.05) is 28.8 Å². The lowest BCUT2D eigenvalue weighted by molar-refractivity contribution is 0.584. The van der Waals surface area contributed by atoms with Gasteiger partial charge in [0.2, 0.25) is 5.89 Å². The van der Waals surface area contributed by atoms with Crippen LogP contribution in [0.15, 0.2) is 126 Å². The van der Waals surface area contributed by atoms with Crippen LogP contribution in [0.4, 0.5) is 8.78 Å². The highest BCUT2D eigenvalue weighted by Crippen LogP contribution is 2.31. The molecule has 0 amide bonds. The van der Waals surface area contributed by atoms with E-state index in [2.05, 4.69) is 23.2 Å². The lowest BCUT2D eigenvalue weighted by Gasteiger charge is -2.08. The van der Waals surface area contributed by atoms with E-state index in [1.807, 2.05) is 85.1 Å². The SMILES string of the molecule is Fc1cc(F)cc(-c2ccc(-c3ccc4cc(-c5ccc(-c6nc7ccccc7o6)cc5)cnc4c3)cc2)c1. The summed E-state index contributed by atoms with van der Waals surface area (Å²) < 4.78 is 33.1. The monoisotopic (exact) mass is 510 g/mol. The second-order valence-corrected chi connectivity index (χ2v) is 9.43. The molecule has 0 N–H and O–H groups in total. The van der Waals surface area contributed by atoms with Crippen LogP contribution in [0.3, 0.4) is 0 Å². The number of hydrogen-bond donors (Lipinski definition) is 0. The molecule has 39 heavy (non-hydrogen) atoms. The third-order valence-corrected chi connectivity index (χ3v) is 6.86. The summed E-state index contributed by atoms with van der Waals surface area (Å²) in [5.41, 5.74) is 8.76. The number of benzene rings is 5. The summed E-state index contributed by atoms with van der Waals surface area (Å²) in [6, 6.07) is 35.3. The zero-order chi connectivity index (χ0) is 26.3. The summed E-state index contributed by atoms with van der Waals surface area (Å²) in [6.45, 7) is 0. The van der Waals surface area contributed by atoms with E-state index < -0.39 is 11.6 Å². The molecule has 0 saturated heterocycles. The number of hydrogen-bond acceptors (Lipinski definition) is 3. The van der Waals surface area contributed by atoms with Gasteiger partial charge < -0.3 is 4.42 Å². The van der Waals surface area contributed by atoms with Crippen molar-refractivity contribution in [3.63, 3.8) is 0 Å². The Kier molecular flexibility index (Phi) is 5.48. The van der Waals surface area contributed by atoms with E-state index in [9.17, 15) is 8.78 Å². The highest BCUT2D eigenvalue weighted by molar-refractivity contribution is 5.88. The quantitative estimate of drug-likeness (QED) is 0.237. The van der Waals surface area contributed by atoms with E-state index in [1.54, 1.807) is 0 Å². The van der Waals surface area contributed by atoms with E-state index in [4.69, 9.17) is 9.40 Å². The number of fused-ring (bicyclic) bond motifs is 2. The molecule has 0 aliphatic carbocycles. The van der Waals surface area contributed by atoms with E-state index in [1.165, 1.54) is 12.1 Å². The predicted octanol–water partition coefficient (Wildman–Crippen LogP) is 9.32. The number of pyridine rings is 1. The van der Waals surface area contributed by atoms with Crippen molar-refractivity contribution in [1.82, 2.24) is 9.97 Å². The van der Waals surface area contributed by atoms with Crippen LogP contribution in [0.5, 0.6) is 0 Å². The maximum atomic E-state index is 13.6. The van der Waals surface area contributed by atoms with Crippen molar-refractivity contribution < 1.29 is 13.2 Å². The summed E-state index contributed by atoms with van der Waals surface area (Å²) in [7, 11) is 0. The minimum Gasteiger partial charge on any atom is -0.436 e. The Morgan fingerprint density at radius 3 is 1.82 bits per heavy atom. The first-order chi connectivity index (χ1) is 19.1. The van der Waals surface area contributed by atoms with Crippen LogP contribution >= 0.6 is 0 Å². The molecule has 2 heterocycles. The van der Waals surface area contributed by atoms with Crippen molar-refractivity contribution in [2.24, 2.45) is 0 Å². The zero-order valence-corrected chi connectivity index (χ0v) is 20.6. The molecule has 0 aliphatic heterocycles. The van der Waals surface area contributed by atoms with Gasteiger partial charge in [-0.2, -0.15) is 0 Å². The molecule has 0 fully saturated rings. The van der Waals surface area contributed by atoms with Crippen molar-refractivity contribution in [2.45, 2.75) is 0 Å². The molecule has 0 aliphatic rings. The van der Waals surface area contributed by atoms with Crippen LogP contribution < -0.4 is 0 Å². The predicted molar refractivity (Wildman–Crippen MR) is 151 cm³/mol. The molecule has 7 rings (SSSR count). The number of halogens is 2. The van der Waals surface area contributed by atoms with Crippen LogP contribution in [0.1, 0.15) is 0 Å². The molecule has 5 heteroatoms. The van der Waals surface area contributed by atoms with Gasteiger partial charge in [0.05, 0.1) is 5.52 Å². The number of oxazole rings is 1. The highest BCUT2D eigenvalue weighted by atomic mass is 19.1. The van der Waals surface area contributed by atoms with Crippen LogP contribution in [-0.4, -0.2) is 9.97 Å². The summed E-state index contributed by atoms with van der Waals surface area (Å²) in [5.74, 6) is -0.579. The second kappa shape index (κ2) is 9.30. The van der Waals surface area contributed by atoms with Gasteiger partial charge in [-0.15, -0.1) is 0 Å². The molecule has 5 aromatic carbocycles. The molecular formula is C34H20F2N2O. The molecular weight excluding hydrogens is 490 g/mol. The second-order valence-electron chi connectivity index (χ2n) is 9.43. The molecule has 0 saturated carbocycles. The molecule has 3 nitrogen and oxygen atoms in total. The highest BCUT2D eigenvalue weighted by Gasteiger charge is 2.10. The maximum Gasteiger partial charge on any atom is 0.227 e. The standard InChI is InChI=1S/C34H20F2N2O/c35-29-16-27(17-30(36)19-29)22-7-5-21(6-8-22)25-13-14-26-15-28(20-37-32(26)18-25)23-9-11-24(12-10-23)34-38-31-3-1-2-4-33(31)39-34/h1-20H. The smallest absolute Gasteiger partial charge is 0.227 e. The first kappa shape index (κ1) is 23.0. The van der Waals surface area contributed by atoms with Gasteiger partial charge in [0.25, 0.3) is 0 Å². The molecule has 7 aromatic rings. The van der Waals surface area contributed by atoms with Crippen molar-refractivity contribution >= 4 is 22.0 Å². The van der Waals surface area contributed by atoms with Crippen molar-refractivity contribution in [2.75, 3.05) is 0 Å². The summed E-state index contributed by atoms with van der Waals surface area (Å²) in [6.07, 6.45) is 1.88. The van der Waals surface area contributed by atoms with E-state index in [0.29, 0.717) is 11.5 Å². The Morgan fingerprint density at radius 1 is 0.487 bits per heavy atom. The molecule has 0 bridgehead atoms. The number of para-hydroxylation sites is 2. The summed E-state index contributed by atoms with van der Waals surface area (Å²) in [5, 5.41) is 1.03. The molecule has 0 unspecified atom stereocenters. The topological polar surface area (TPSA) is 38.9 Å². The Balaban J connectivity index is 1.14. The van der Waals surface area contributed by atoms with Gasteiger partial charge in [-0.1, -0.05) is 60.7 Å². The van der Waals surface area contributed by atoms with Gasteiger partial charge in [0.15, 0.2) is 5.58 Å². The van der Waals surface area contributed by atoms with Gasteiger partial charge >= 0.3 is 0 Å². The van der Waals surface area contributed by atoms with Gasteiger partial charge in [0.1, 0.15) is 17.2 Å². The van der Waals surface area contributed by atoms with E-state index in [0.717, 1.165) is 61.4 Å². The molecule has 0 radical (unpaired) electrons.